The van der Waals surface area contributed by atoms with E-state index in [1.54, 1.807) is 7.11 Å². The molecule has 0 heterocycles. The number of hydrogen-bond donors (Lipinski definition) is 1. The van der Waals surface area contributed by atoms with Crippen molar-refractivity contribution in [2.75, 3.05) is 13.7 Å². The predicted octanol–water partition coefficient (Wildman–Crippen LogP) is 0.760. The minimum atomic E-state index is 0.278. The molecule has 2 N–H and O–H groups in total. The number of nitrogens with two attached hydrogens (primary N) is 1. The van der Waals surface area contributed by atoms with E-state index < -0.39 is 0 Å². The molecular weight excluding hydrogens is 102 g/mol. The number of ether oxygens (including phenoxy) is 1. The molecule has 50 valence electrons. The van der Waals surface area contributed by atoms with Gasteiger partial charge in [0.1, 0.15) is 0 Å². The van der Waals surface area contributed by atoms with Crippen molar-refractivity contribution in [3.63, 3.8) is 0 Å². The van der Waals surface area contributed by atoms with Gasteiger partial charge in [-0.25, -0.2) is 0 Å². The average Bonchev–Trinajstić information content (AvgIpc) is 1.83. The summed E-state index contributed by atoms with van der Waals surface area (Å²) in [4.78, 5) is 0. The van der Waals surface area contributed by atoms with E-state index in [-0.39, 0.29) is 6.10 Å². The van der Waals surface area contributed by atoms with E-state index in [0.29, 0.717) is 6.54 Å². The maximum atomic E-state index is 5.34. The summed E-state index contributed by atoms with van der Waals surface area (Å²) in [5.74, 6) is 0. The molecule has 0 aliphatic rings. The maximum absolute atomic E-state index is 5.34. The van der Waals surface area contributed by atoms with Gasteiger partial charge in [0.05, 0.1) is 6.10 Å². The fourth-order valence-electron chi connectivity index (χ4n) is 0.654. The molecule has 1 unspecified atom stereocenters. The number of rotatable bonds is 4. The smallest absolute Gasteiger partial charge is 0.0693 e. The van der Waals surface area contributed by atoms with E-state index >= 15 is 0 Å². The Hall–Kier alpha value is -0.0800. The molecule has 0 aromatic heterocycles. The Balaban J connectivity index is 3.07. The highest BCUT2D eigenvalue weighted by atomic mass is 16.5. The van der Waals surface area contributed by atoms with Crippen LogP contribution in [0.1, 0.15) is 19.8 Å². The standard InChI is InChI=1S/C6H15NO/c1-3-4-6(5-7)8-2/h6H,3-5,7H2,1-2H3. The fraction of sp³-hybridized carbons (Fsp3) is 1.00. The van der Waals surface area contributed by atoms with Gasteiger partial charge in [-0.2, -0.15) is 0 Å². The molecule has 2 nitrogen and oxygen atoms in total. The molecule has 2 heteroatoms. The van der Waals surface area contributed by atoms with Crippen LogP contribution in [0.5, 0.6) is 0 Å². The quantitative estimate of drug-likeness (QED) is 0.590. The Morgan fingerprint density at radius 3 is 2.38 bits per heavy atom. The third kappa shape index (κ3) is 2.99. The van der Waals surface area contributed by atoms with E-state index in [4.69, 9.17) is 10.5 Å². The fourth-order valence-corrected chi connectivity index (χ4v) is 0.654. The van der Waals surface area contributed by atoms with Crippen molar-refractivity contribution >= 4 is 0 Å². The second-order valence-electron chi connectivity index (χ2n) is 1.88. The summed E-state index contributed by atoms with van der Waals surface area (Å²) in [5, 5.41) is 0. The topological polar surface area (TPSA) is 35.2 Å². The largest absolute Gasteiger partial charge is 0.380 e. The van der Waals surface area contributed by atoms with Gasteiger partial charge in [0.15, 0.2) is 0 Å². The summed E-state index contributed by atoms with van der Waals surface area (Å²) in [6.45, 7) is 2.77. The van der Waals surface area contributed by atoms with Crippen molar-refractivity contribution in [3.8, 4) is 0 Å². The first-order chi connectivity index (χ1) is 3.85. The van der Waals surface area contributed by atoms with Gasteiger partial charge in [-0.1, -0.05) is 13.3 Å². The minimum Gasteiger partial charge on any atom is -0.380 e. The Morgan fingerprint density at radius 2 is 2.25 bits per heavy atom. The molecule has 0 aliphatic carbocycles. The highest BCUT2D eigenvalue weighted by Crippen LogP contribution is 1.96. The third-order valence-electron chi connectivity index (χ3n) is 1.21. The maximum Gasteiger partial charge on any atom is 0.0693 e. The molecule has 8 heavy (non-hydrogen) atoms. The molecular formula is C6H15NO. The van der Waals surface area contributed by atoms with Crippen LogP contribution in [0.4, 0.5) is 0 Å². The van der Waals surface area contributed by atoms with Crippen molar-refractivity contribution in [2.45, 2.75) is 25.9 Å². The van der Waals surface area contributed by atoms with Gasteiger partial charge in [-0.15, -0.1) is 0 Å². The van der Waals surface area contributed by atoms with Crippen LogP contribution in [-0.2, 0) is 4.74 Å². The molecule has 1 atom stereocenters. The van der Waals surface area contributed by atoms with Gasteiger partial charge >= 0.3 is 0 Å². The Bertz CT molecular complexity index is 43.8. The molecule has 0 rings (SSSR count). The Labute approximate surface area is 51.0 Å². The molecule has 0 fully saturated rings. The van der Waals surface area contributed by atoms with Crippen molar-refractivity contribution < 1.29 is 4.74 Å². The van der Waals surface area contributed by atoms with Gasteiger partial charge < -0.3 is 10.5 Å². The zero-order valence-corrected chi connectivity index (χ0v) is 5.68. The van der Waals surface area contributed by atoms with Crippen LogP contribution < -0.4 is 5.73 Å². The van der Waals surface area contributed by atoms with Crippen LogP contribution in [0.25, 0.3) is 0 Å². The molecule has 0 radical (unpaired) electrons. The third-order valence-corrected chi connectivity index (χ3v) is 1.21. The van der Waals surface area contributed by atoms with Crippen LogP contribution in [0.3, 0.4) is 0 Å². The van der Waals surface area contributed by atoms with Crippen molar-refractivity contribution in [3.05, 3.63) is 0 Å². The predicted molar refractivity (Wildman–Crippen MR) is 34.8 cm³/mol. The van der Waals surface area contributed by atoms with E-state index in [0.717, 1.165) is 12.8 Å². The van der Waals surface area contributed by atoms with E-state index in [9.17, 15) is 0 Å². The monoisotopic (exact) mass is 117 g/mol. The van der Waals surface area contributed by atoms with Crippen LogP contribution >= 0.6 is 0 Å². The first-order valence-corrected chi connectivity index (χ1v) is 3.08. The highest BCUT2D eigenvalue weighted by Gasteiger charge is 1.99. The molecule has 0 saturated carbocycles. The summed E-state index contributed by atoms with van der Waals surface area (Å²) in [7, 11) is 1.70. The van der Waals surface area contributed by atoms with Gasteiger partial charge in [0.25, 0.3) is 0 Å². The zero-order chi connectivity index (χ0) is 6.41. The number of hydrogen-bond acceptors (Lipinski definition) is 2. The highest BCUT2D eigenvalue weighted by molar-refractivity contribution is 4.54. The van der Waals surface area contributed by atoms with Gasteiger partial charge in [-0.3, -0.25) is 0 Å². The zero-order valence-electron chi connectivity index (χ0n) is 5.68. The molecule has 0 bridgehead atoms. The molecule has 0 spiro atoms. The SMILES string of the molecule is CCCC(CN)OC. The molecule has 0 aromatic rings. The molecule has 0 aliphatic heterocycles. The lowest BCUT2D eigenvalue weighted by Gasteiger charge is -2.09. The lowest BCUT2D eigenvalue weighted by molar-refractivity contribution is 0.101. The average molecular weight is 117 g/mol. The minimum absolute atomic E-state index is 0.278. The van der Waals surface area contributed by atoms with Crippen LogP contribution in [0.2, 0.25) is 0 Å². The second kappa shape index (κ2) is 5.06. The first-order valence-electron chi connectivity index (χ1n) is 3.08. The lowest BCUT2D eigenvalue weighted by Crippen LogP contribution is -2.21. The first kappa shape index (κ1) is 7.92. The summed E-state index contributed by atoms with van der Waals surface area (Å²) >= 11 is 0. The molecule has 0 aromatic carbocycles. The summed E-state index contributed by atoms with van der Waals surface area (Å²) in [5.41, 5.74) is 5.34. The van der Waals surface area contributed by atoms with Crippen molar-refractivity contribution in [1.82, 2.24) is 0 Å². The van der Waals surface area contributed by atoms with Gasteiger partial charge in [-0.05, 0) is 6.42 Å². The summed E-state index contributed by atoms with van der Waals surface area (Å²) in [6.07, 6.45) is 2.50. The lowest BCUT2D eigenvalue weighted by atomic mass is 10.2. The van der Waals surface area contributed by atoms with Crippen molar-refractivity contribution in [1.29, 1.82) is 0 Å². The summed E-state index contributed by atoms with van der Waals surface area (Å²) < 4.78 is 5.01. The van der Waals surface area contributed by atoms with E-state index in [1.807, 2.05) is 0 Å². The van der Waals surface area contributed by atoms with Crippen LogP contribution in [0.15, 0.2) is 0 Å². The molecule has 0 amide bonds. The molecule has 0 saturated heterocycles. The normalized spacial score (nSPS) is 13.9. The second-order valence-corrected chi connectivity index (χ2v) is 1.88. The van der Waals surface area contributed by atoms with Gasteiger partial charge in [0, 0.05) is 13.7 Å². The van der Waals surface area contributed by atoms with Crippen molar-refractivity contribution in [2.24, 2.45) is 5.73 Å². The summed E-state index contributed by atoms with van der Waals surface area (Å²) in [6, 6.07) is 0. The number of methoxy groups -OCH3 is 1. The van der Waals surface area contributed by atoms with Crippen LogP contribution in [0, 0.1) is 0 Å². The Kier molecular flexibility index (Phi) is 5.01. The van der Waals surface area contributed by atoms with E-state index in [1.165, 1.54) is 0 Å². The van der Waals surface area contributed by atoms with E-state index in [2.05, 4.69) is 6.92 Å². The van der Waals surface area contributed by atoms with Gasteiger partial charge in [0.2, 0.25) is 0 Å². The van der Waals surface area contributed by atoms with Crippen LogP contribution in [-0.4, -0.2) is 19.8 Å². The Morgan fingerprint density at radius 1 is 1.62 bits per heavy atom.